The maximum Gasteiger partial charge on any atom is 0.232 e. The summed E-state index contributed by atoms with van der Waals surface area (Å²) in [4.78, 5) is 14.8. The lowest BCUT2D eigenvalue weighted by atomic mass is 10.2. The predicted octanol–water partition coefficient (Wildman–Crippen LogP) is 0.892. The molecule has 2 rings (SSSR count). The number of nitrogens with two attached hydrogens (primary N) is 1. The van der Waals surface area contributed by atoms with E-state index < -0.39 is 0 Å². The van der Waals surface area contributed by atoms with Crippen molar-refractivity contribution in [1.29, 1.82) is 0 Å². The molecule has 19 heavy (non-hydrogen) atoms. The van der Waals surface area contributed by atoms with Crippen LogP contribution < -0.4 is 16.0 Å². The summed E-state index contributed by atoms with van der Waals surface area (Å²) in [5.74, 6) is 1.45. The minimum atomic E-state index is 0.259. The molecule has 0 saturated carbocycles. The van der Waals surface area contributed by atoms with Gasteiger partial charge in [0.15, 0.2) is 0 Å². The lowest BCUT2D eigenvalue weighted by molar-refractivity contribution is 0.122. The number of anilines is 3. The van der Waals surface area contributed by atoms with E-state index in [-0.39, 0.29) is 5.95 Å². The van der Waals surface area contributed by atoms with E-state index >= 15 is 0 Å². The van der Waals surface area contributed by atoms with Crippen LogP contribution in [-0.2, 0) is 4.74 Å². The van der Waals surface area contributed by atoms with Crippen molar-refractivity contribution in [3.8, 4) is 0 Å². The first kappa shape index (κ1) is 13.8. The lowest BCUT2D eigenvalue weighted by Gasteiger charge is -2.26. The number of nitrogens with zero attached hydrogens (tertiary/aromatic N) is 4. The number of hydrogen-bond acceptors (Lipinski definition) is 7. The highest BCUT2D eigenvalue weighted by Crippen LogP contribution is 2.13. The van der Waals surface area contributed by atoms with Crippen LogP contribution in [0.3, 0.4) is 0 Å². The molecule has 1 aromatic rings. The zero-order valence-corrected chi connectivity index (χ0v) is 11.4. The summed E-state index contributed by atoms with van der Waals surface area (Å²) in [7, 11) is 0. The van der Waals surface area contributed by atoms with Crippen molar-refractivity contribution in [3.05, 3.63) is 0 Å². The molecule has 1 saturated heterocycles. The van der Waals surface area contributed by atoms with Crippen LogP contribution in [0.25, 0.3) is 0 Å². The SMILES string of the molecule is CCCCCNc1nc(N)nc(N2CCOCC2)n1. The van der Waals surface area contributed by atoms with Gasteiger partial charge in [-0.1, -0.05) is 19.8 Å². The first-order chi connectivity index (χ1) is 9.29. The van der Waals surface area contributed by atoms with Crippen LogP contribution in [0.5, 0.6) is 0 Å². The molecule has 106 valence electrons. The van der Waals surface area contributed by atoms with Crippen LogP contribution in [0, 0.1) is 0 Å². The van der Waals surface area contributed by atoms with Crippen molar-refractivity contribution in [2.75, 3.05) is 48.8 Å². The van der Waals surface area contributed by atoms with Crippen molar-refractivity contribution in [1.82, 2.24) is 15.0 Å². The first-order valence-corrected chi connectivity index (χ1v) is 6.87. The predicted molar refractivity (Wildman–Crippen MR) is 75.3 cm³/mol. The molecule has 1 fully saturated rings. The van der Waals surface area contributed by atoms with E-state index in [1.165, 1.54) is 12.8 Å². The van der Waals surface area contributed by atoms with E-state index in [1.54, 1.807) is 0 Å². The first-order valence-electron chi connectivity index (χ1n) is 6.87. The third-order valence-electron chi connectivity index (χ3n) is 3.00. The Morgan fingerprint density at radius 2 is 2.00 bits per heavy atom. The molecule has 7 heteroatoms. The van der Waals surface area contributed by atoms with Crippen molar-refractivity contribution in [3.63, 3.8) is 0 Å². The van der Waals surface area contributed by atoms with Gasteiger partial charge in [0.05, 0.1) is 13.2 Å². The van der Waals surface area contributed by atoms with Gasteiger partial charge >= 0.3 is 0 Å². The van der Waals surface area contributed by atoms with Gasteiger partial charge in [0.2, 0.25) is 17.8 Å². The van der Waals surface area contributed by atoms with Gasteiger partial charge in [-0.05, 0) is 6.42 Å². The van der Waals surface area contributed by atoms with Gasteiger partial charge in [-0.25, -0.2) is 0 Å². The van der Waals surface area contributed by atoms with Crippen LogP contribution in [-0.4, -0.2) is 47.8 Å². The molecule has 1 aromatic heterocycles. The van der Waals surface area contributed by atoms with Crippen LogP contribution in [0.1, 0.15) is 26.2 Å². The summed E-state index contributed by atoms with van der Waals surface area (Å²) < 4.78 is 5.31. The molecule has 0 aromatic carbocycles. The number of nitrogen functional groups attached to an aromatic ring is 1. The largest absolute Gasteiger partial charge is 0.378 e. The quantitative estimate of drug-likeness (QED) is 0.739. The zero-order valence-electron chi connectivity index (χ0n) is 11.4. The Hall–Kier alpha value is -1.63. The molecule has 0 bridgehead atoms. The zero-order chi connectivity index (χ0) is 13.5. The third-order valence-corrected chi connectivity index (χ3v) is 3.00. The van der Waals surface area contributed by atoms with E-state index in [1.807, 2.05) is 0 Å². The molecule has 0 unspecified atom stereocenters. The van der Waals surface area contributed by atoms with E-state index in [0.717, 1.165) is 26.1 Å². The highest BCUT2D eigenvalue weighted by molar-refractivity contribution is 5.42. The molecule has 0 aliphatic carbocycles. The van der Waals surface area contributed by atoms with Crippen molar-refractivity contribution < 1.29 is 4.74 Å². The fourth-order valence-electron chi connectivity index (χ4n) is 1.94. The molecule has 2 heterocycles. The van der Waals surface area contributed by atoms with Gasteiger partial charge in [0.1, 0.15) is 0 Å². The number of aromatic nitrogens is 3. The summed E-state index contributed by atoms with van der Waals surface area (Å²) in [5, 5.41) is 3.20. The number of ether oxygens (including phenoxy) is 1. The van der Waals surface area contributed by atoms with Crippen molar-refractivity contribution in [2.45, 2.75) is 26.2 Å². The second kappa shape index (κ2) is 7.08. The van der Waals surface area contributed by atoms with E-state index in [0.29, 0.717) is 25.1 Å². The van der Waals surface area contributed by atoms with Crippen LogP contribution >= 0.6 is 0 Å². The standard InChI is InChI=1S/C12H22N6O/c1-2-3-4-5-14-11-15-10(13)16-12(17-11)18-6-8-19-9-7-18/h2-9H2,1H3,(H3,13,14,15,16,17). The fraction of sp³-hybridized carbons (Fsp3) is 0.750. The molecule has 3 N–H and O–H groups in total. The number of rotatable bonds is 6. The second-order valence-electron chi connectivity index (χ2n) is 4.55. The number of unbranched alkanes of at least 4 members (excludes halogenated alkanes) is 2. The van der Waals surface area contributed by atoms with Crippen LogP contribution in [0.4, 0.5) is 17.8 Å². The maximum atomic E-state index is 5.74. The van der Waals surface area contributed by atoms with Gasteiger partial charge in [-0.3, -0.25) is 0 Å². The highest BCUT2D eigenvalue weighted by Gasteiger charge is 2.15. The third kappa shape index (κ3) is 4.20. The molecule has 0 amide bonds. The Bertz CT molecular complexity index is 394. The summed E-state index contributed by atoms with van der Waals surface area (Å²) in [6, 6.07) is 0. The number of nitrogens with one attached hydrogen (secondary N) is 1. The maximum absolute atomic E-state index is 5.74. The topological polar surface area (TPSA) is 89.2 Å². The van der Waals surface area contributed by atoms with Crippen molar-refractivity contribution >= 4 is 17.8 Å². The summed E-state index contributed by atoms with van der Waals surface area (Å²) in [5.41, 5.74) is 5.74. The molecular formula is C12H22N6O. The molecular weight excluding hydrogens is 244 g/mol. The Labute approximate surface area is 113 Å². The molecule has 0 radical (unpaired) electrons. The molecule has 7 nitrogen and oxygen atoms in total. The Balaban J connectivity index is 1.97. The van der Waals surface area contributed by atoms with Gasteiger partial charge < -0.3 is 20.7 Å². The monoisotopic (exact) mass is 266 g/mol. The van der Waals surface area contributed by atoms with Crippen LogP contribution in [0.15, 0.2) is 0 Å². The highest BCUT2D eigenvalue weighted by atomic mass is 16.5. The van der Waals surface area contributed by atoms with E-state index in [9.17, 15) is 0 Å². The van der Waals surface area contributed by atoms with Gasteiger partial charge in [-0.2, -0.15) is 15.0 Å². The summed E-state index contributed by atoms with van der Waals surface area (Å²) in [6.07, 6.45) is 3.50. The molecule has 1 aliphatic heterocycles. The van der Waals surface area contributed by atoms with Crippen LogP contribution in [0.2, 0.25) is 0 Å². The van der Waals surface area contributed by atoms with Gasteiger partial charge in [0, 0.05) is 19.6 Å². The number of morpholine rings is 1. The normalized spacial score (nSPS) is 15.5. The molecule has 0 atom stereocenters. The fourth-order valence-corrected chi connectivity index (χ4v) is 1.94. The second-order valence-corrected chi connectivity index (χ2v) is 4.55. The minimum absolute atomic E-state index is 0.259. The van der Waals surface area contributed by atoms with Gasteiger partial charge in [-0.15, -0.1) is 0 Å². The Morgan fingerprint density at radius 1 is 1.21 bits per heavy atom. The Kier molecular flexibility index (Phi) is 5.14. The minimum Gasteiger partial charge on any atom is -0.378 e. The van der Waals surface area contributed by atoms with E-state index in [2.05, 4.69) is 32.1 Å². The summed E-state index contributed by atoms with van der Waals surface area (Å²) >= 11 is 0. The lowest BCUT2D eigenvalue weighted by Crippen LogP contribution is -2.37. The average molecular weight is 266 g/mol. The molecule has 1 aliphatic rings. The smallest absolute Gasteiger partial charge is 0.232 e. The average Bonchev–Trinajstić information content (AvgIpc) is 2.44. The van der Waals surface area contributed by atoms with Crippen molar-refractivity contribution in [2.24, 2.45) is 0 Å². The summed E-state index contributed by atoms with van der Waals surface area (Å²) in [6.45, 7) is 6.02. The number of hydrogen-bond donors (Lipinski definition) is 2. The molecule has 0 spiro atoms. The van der Waals surface area contributed by atoms with E-state index in [4.69, 9.17) is 10.5 Å². The Morgan fingerprint density at radius 3 is 2.74 bits per heavy atom. The van der Waals surface area contributed by atoms with Gasteiger partial charge in [0.25, 0.3) is 0 Å².